The van der Waals surface area contributed by atoms with E-state index in [9.17, 15) is 10.1 Å². The quantitative estimate of drug-likeness (QED) is 0.644. The number of nitro groups is 1. The molecule has 2 unspecified atom stereocenters. The van der Waals surface area contributed by atoms with Gasteiger partial charge in [0, 0.05) is 19.2 Å². The number of aromatic nitrogens is 1. The molecular formula is C14H15N3O3S. The molecule has 0 radical (unpaired) electrons. The molecule has 110 valence electrons. The molecule has 2 aromatic rings. The molecule has 1 saturated heterocycles. The summed E-state index contributed by atoms with van der Waals surface area (Å²) in [4.78, 5) is 16.6. The first-order chi connectivity index (χ1) is 10.1. The third kappa shape index (κ3) is 3.03. The summed E-state index contributed by atoms with van der Waals surface area (Å²) in [7, 11) is 0. The SMILES string of the molecule is CC1CN(c2ccc([N+](=O)[O-])cn2)CC(c2ccsc2)O1. The van der Waals surface area contributed by atoms with Crippen LogP contribution < -0.4 is 4.90 Å². The third-order valence-electron chi connectivity index (χ3n) is 3.44. The van der Waals surface area contributed by atoms with Crippen LogP contribution >= 0.6 is 11.3 Å². The molecule has 0 aliphatic carbocycles. The summed E-state index contributed by atoms with van der Waals surface area (Å²) in [6, 6.07) is 5.25. The average Bonchev–Trinajstić information content (AvgIpc) is 3.01. The van der Waals surface area contributed by atoms with Crippen molar-refractivity contribution in [3.8, 4) is 0 Å². The zero-order valence-corrected chi connectivity index (χ0v) is 12.3. The highest BCUT2D eigenvalue weighted by atomic mass is 32.1. The Labute approximate surface area is 126 Å². The second-order valence-corrected chi connectivity index (χ2v) is 5.81. The van der Waals surface area contributed by atoms with Gasteiger partial charge in [0.1, 0.15) is 18.1 Å². The smallest absolute Gasteiger partial charge is 0.287 e. The van der Waals surface area contributed by atoms with Crippen molar-refractivity contribution in [3.63, 3.8) is 0 Å². The van der Waals surface area contributed by atoms with E-state index in [0.29, 0.717) is 6.54 Å². The van der Waals surface area contributed by atoms with Crippen LogP contribution in [0.4, 0.5) is 11.5 Å². The van der Waals surface area contributed by atoms with Crippen LogP contribution in [0.5, 0.6) is 0 Å². The van der Waals surface area contributed by atoms with E-state index in [-0.39, 0.29) is 17.9 Å². The minimum atomic E-state index is -0.438. The first kappa shape index (κ1) is 14.0. The Bertz CT molecular complexity index is 615. The highest BCUT2D eigenvalue weighted by Crippen LogP contribution is 2.29. The highest BCUT2D eigenvalue weighted by molar-refractivity contribution is 7.07. The van der Waals surface area contributed by atoms with Crippen molar-refractivity contribution in [1.82, 2.24) is 4.98 Å². The largest absolute Gasteiger partial charge is 0.367 e. The molecule has 2 atom stereocenters. The van der Waals surface area contributed by atoms with Crippen LogP contribution in [0.2, 0.25) is 0 Å². The molecule has 1 aliphatic heterocycles. The molecule has 0 saturated carbocycles. The Hall–Kier alpha value is -1.99. The number of anilines is 1. The van der Waals surface area contributed by atoms with E-state index < -0.39 is 4.92 Å². The molecule has 0 aromatic carbocycles. The van der Waals surface area contributed by atoms with Crippen molar-refractivity contribution in [2.45, 2.75) is 19.1 Å². The van der Waals surface area contributed by atoms with Crippen molar-refractivity contribution >= 4 is 22.8 Å². The van der Waals surface area contributed by atoms with Gasteiger partial charge < -0.3 is 9.64 Å². The number of hydrogen-bond acceptors (Lipinski definition) is 6. The van der Waals surface area contributed by atoms with Gasteiger partial charge in [-0.25, -0.2) is 4.98 Å². The summed E-state index contributed by atoms with van der Waals surface area (Å²) >= 11 is 1.65. The summed E-state index contributed by atoms with van der Waals surface area (Å²) in [5, 5.41) is 14.8. The van der Waals surface area contributed by atoms with Crippen LogP contribution in [-0.4, -0.2) is 29.1 Å². The number of ether oxygens (including phenoxy) is 1. The lowest BCUT2D eigenvalue weighted by atomic mass is 10.1. The van der Waals surface area contributed by atoms with E-state index in [2.05, 4.69) is 21.3 Å². The van der Waals surface area contributed by atoms with Gasteiger partial charge in [-0.15, -0.1) is 0 Å². The van der Waals surface area contributed by atoms with Gasteiger partial charge in [0.25, 0.3) is 5.69 Å². The fourth-order valence-electron chi connectivity index (χ4n) is 2.45. The van der Waals surface area contributed by atoms with E-state index in [1.807, 2.05) is 12.3 Å². The molecule has 2 aromatic heterocycles. The molecule has 7 heteroatoms. The predicted octanol–water partition coefficient (Wildman–Crippen LogP) is 3.02. The number of morpholine rings is 1. The number of rotatable bonds is 3. The fraction of sp³-hybridized carbons (Fsp3) is 0.357. The summed E-state index contributed by atoms with van der Waals surface area (Å²) in [6.07, 6.45) is 1.40. The van der Waals surface area contributed by atoms with Gasteiger partial charge >= 0.3 is 0 Å². The van der Waals surface area contributed by atoms with Gasteiger partial charge in [-0.3, -0.25) is 10.1 Å². The van der Waals surface area contributed by atoms with E-state index >= 15 is 0 Å². The zero-order chi connectivity index (χ0) is 14.8. The molecule has 1 aliphatic rings. The Morgan fingerprint density at radius 1 is 1.43 bits per heavy atom. The Balaban J connectivity index is 1.79. The Kier molecular flexibility index (Phi) is 3.85. The van der Waals surface area contributed by atoms with Crippen molar-refractivity contribution in [3.05, 3.63) is 50.8 Å². The zero-order valence-electron chi connectivity index (χ0n) is 11.5. The number of thiophene rings is 1. The minimum absolute atomic E-state index is 0.00874. The van der Waals surface area contributed by atoms with Crippen molar-refractivity contribution in [2.75, 3.05) is 18.0 Å². The molecule has 0 spiro atoms. The highest BCUT2D eigenvalue weighted by Gasteiger charge is 2.27. The van der Waals surface area contributed by atoms with E-state index in [1.165, 1.54) is 17.8 Å². The van der Waals surface area contributed by atoms with Crippen LogP contribution in [0, 0.1) is 10.1 Å². The maximum atomic E-state index is 10.7. The first-order valence-electron chi connectivity index (χ1n) is 6.66. The second kappa shape index (κ2) is 5.79. The molecule has 3 rings (SSSR count). The molecule has 6 nitrogen and oxygen atoms in total. The van der Waals surface area contributed by atoms with Crippen LogP contribution in [0.3, 0.4) is 0 Å². The van der Waals surface area contributed by atoms with Crippen LogP contribution in [0.1, 0.15) is 18.6 Å². The molecule has 21 heavy (non-hydrogen) atoms. The molecule has 3 heterocycles. The summed E-state index contributed by atoms with van der Waals surface area (Å²) < 4.78 is 5.97. The monoisotopic (exact) mass is 305 g/mol. The average molecular weight is 305 g/mol. The maximum absolute atomic E-state index is 10.7. The van der Waals surface area contributed by atoms with E-state index in [1.54, 1.807) is 17.4 Å². The molecule has 1 fully saturated rings. The van der Waals surface area contributed by atoms with Crippen molar-refractivity contribution < 1.29 is 9.66 Å². The number of hydrogen-bond donors (Lipinski definition) is 0. The van der Waals surface area contributed by atoms with Crippen molar-refractivity contribution in [1.29, 1.82) is 0 Å². The van der Waals surface area contributed by atoms with Crippen LogP contribution in [-0.2, 0) is 4.74 Å². The van der Waals surface area contributed by atoms with Gasteiger partial charge in [0.15, 0.2) is 0 Å². The predicted molar refractivity (Wildman–Crippen MR) is 80.7 cm³/mol. The molecular weight excluding hydrogens is 290 g/mol. The third-order valence-corrected chi connectivity index (χ3v) is 4.14. The van der Waals surface area contributed by atoms with Crippen LogP contribution in [0.25, 0.3) is 0 Å². The van der Waals surface area contributed by atoms with Gasteiger partial charge in [-0.1, -0.05) is 0 Å². The maximum Gasteiger partial charge on any atom is 0.287 e. The molecule has 0 amide bonds. The number of nitrogens with zero attached hydrogens (tertiary/aromatic N) is 3. The van der Waals surface area contributed by atoms with Crippen LogP contribution in [0.15, 0.2) is 35.2 Å². The fourth-order valence-corrected chi connectivity index (χ4v) is 3.16. The summed E-state index contributed by atoms with van der Waals surface area (Å²) in [6.45, 7) is 3.45. The summed E-state index contributed by atoms with van der Waals surface area (Å²) in [5.41, 5.74) is 1.17. The second-order valence-electron chi connectivity index (χ2n) is 5.03. The molecule has 0 bridgehead atoms. The Morgan fingerprint density at radius 2 is 2.29 bits per heavy atom. The number of pyridine rings is 1. The lowest BCUT2D eigenvalue weighted by molar-refractivity contribution is -0.385. The van der Waals surface area contributed by atoms with Crippen molar-refractivity contribution in [2.24, 2.45) is 0 Å². The van der Waals surface area contributed by atoms with E-state index in [4.69, 9.17) is 4.74 Å². The van der Waals surface area contributed by atoms with E-state index in [0.717, 1.165) is 12.4 Å². The van der Waals surface area contributed by atoms with Gasteiger partial charge in [0.2, 0.25) is 0 Å². The van der Waals surface area contributed by atoms with Gasteiger partial charge in [0.05, 0.1) is 11.0 Å². The lowest BCUT2D eigenvalue weighted by Gasteiger charge is -2.37. The molecule has 0 N–H and O–H groups in total. The topological polar surface area (TPSA) is 68.5 Å². The van der Waals surface area contributed by atoms with Gasteiger partial charge in [-0.2, -0.15) is 11.3 Å². The minimum Gasteiger partial charge on any atom is -0.367 e. The Morgan fingerprint density at radius 3 is 2.90 bits per heavy atom. The standard InChI is InChI=1S/C14H15N3O3S/c1-10-7-16(8-13(20-10)11-4-5-21-9-11)14-3-2-12(6-15-14)17(18)19/h2-6,9-10,13H,7-8H2,1H3. The first-order valence-corrected chi connectivity index (χ1v) is 7.60. The lowest BCUT2D eigenvalue weighted by Crippen LogP contribution is -2.43. The van der Waals surface area contributed by atoms with Gasteiger partial charge in [-0.05, 0) is 35.4 Å². The normalized spacial score (nSPS) is 22.2. The summed E-state index contributed by atoms with van der Waals surface area (Å²) in [5.74, 6) is 0.746.